The van der Waals surface area contributed by atoms with Gasteiger partial charge in [-0.15, -0.1) is 22.7 Å². The van der Waals surface area contributed by atoms with Crippen molar-refractivity contribution in [3.05, 3.63) is 188 Å². The van der Waals surface area contributed by atoms with Crippen molar-refractivity contribution in [1.29, 1.82) is 5.26 Å². The molecule has 0 saturated carbocycles. The van der Waals surface area contributed by atoms with Crippen LogP contribution < -0.4 is 0 Å². The van der Waals surface area contributed by atoms with Crippen LogP contribution in [0.4, 0.5) is 0 Å². The molecule has 0 atom stereocenters. The fourth-order valence-corrected chi connectivity index (χ4v) is 10.1. The van der Waals surface area contributed by atoms with Gasteiger partial charge in [-0.25, -0.2) is 9.97 Å². The molecule has 58 heavy (non-hydrogen) atoms. The number of nitrogens with zero attached hydrogens (tertiary/aromatic N) is 4. The van der Waals surface area contributed by atoms with E-state index in [2.05, 4.69) is 145 Å². The lowest BCUT2D eigenvalue weighted by molar-refractivity contribution is 1.18. The second-order valence-corrected chi connectivity index (χ2v) is 16.6. The Bertz CT molecular complexity index is 3280. The molecule has 0 saturated heterocycles. The summed E-state index contributed by atoms with van der Waals surface area (Å²) in [4.78, 5) is 14.8. The monoisotopic (exact) mass is 774 g/mol. The van der Waals surface area contributed by atoms with Crippen molar-refractivity contribution in [2.24, 2.45) is 0 Å². The van der Waals surface area contributed by atoms with Crippen molar-refractivity contribution in [2.45, 2.75) is 0 Å². The Kier molecular flexibility index (Phi) is 8.21. The van der Waals surface area contributed by atoms with Gasteiger partial charge in [-0.3, -0.25) is 4.98 Å². The van der Waals surface area contributed by atoms with Gasteiger partial charge in [0, 0.05) is 75.0 Å². The SMILES string of the molecule is N#Cc1ccc(-c2cc(-c3cc(-c4ccc5sc6ccccc6c5c4)cc(-c4ccc5sc6ccccc6c5c4)c3)nc(-c3cccc(-c4cccnc4)c3)n2)cc1. The van der Waals surface area contributed by atoms with E-state index in [1.54, 1.807) is 6.20 Å². The van der Waals surface area contributed by atoms with Crippen LogP contribution in [0.25, 0.3) is 108 Å². The van der Waals surface area contributed by atoms with Gasteiger partial charge in [0.2, 0.25) is 0 Å². The lowest BCUT2D eigenvalue weighted by atomic mass is 9.93. The van der Waals surface area contributed by atoms with E-state index >= 15 is 0 Å². The molecule has 0 fully saturated rings. The van der Waals surface area contributed by atoms with Gasteiger partial charge >= 0.3 is 0 Å². The predicted molar refractivity (Wildman–Crippen MR) is 243 cm³/mol. The smallest absolute Gasteiger partial charge is 0.160 e. The van der Waals surface area contributed by atoms with Gasteiger partial charge in [-0.05, 0) is 113 Å². The van der Waals surface area contributed by atoms with E-state index in [0.29, 0.717) is 11.4 Å². The Balaban J connectivity index is 1.14. The molecule has 4 heterocycles. The highest BCUT2D eigenvalue weighted by molar-refractivity contribution is 7.26. The molecule has 11 aromatic rings. The molecule has 11 rings (SSSR count). The number of pyridine rings is 1. The zero-order valence-electron chi connectivity index (χ0n) is 30.9. The van der Waals surface area contributed by atoms with Crippen molar-refractivity contribution < 1.29 is 0 Å². The molecule has 0 spiro atoms. The maximum Gasteiger partial charge on any atom is 0.160 e. The average Bonchev–Trinajstić information content (AvgIpc) is 3.87. The maximum absolute atomic E-state index is 9.56. The van der Waals surface area contributed by atoms with Crippen LogP contribution in [0, 0.1) is 11.3 Å². The van der Waals surface area contributed by atoms with E-state index < -0.39 is 0 Å². The van der Waals surface area contributed by atoms with Gasteiger partial charge in [-0.2, -0.15) is 5.26 Å². The predicted octanol–water partition coefficient (Wildman–Crippen LogP) is 14.5. The second-order valence-electron chi connectivity index (χ2n) is 14.4. The fourth-order valence-electron chi connectivity index (χ4n) is 7.88. The van der Waals surface area contributed by atoms with E-state index in [4.69, 9.17) is 9.97 Å². The first-order valence-electron chi connectivity index (χ1n) is 19.0. The van der Waals surface area contributed by atoms with Crippen LogP contribution in [0.15, 0.2) is 182 Å². The highest BCUT2D eigenvalue weighted by Gasteiger charge is 2.16. The van der Waals surface area contributed by atoms with Crippen LogP contribution >= 0.6 is 22.7 Å². The van der Waals surface area contributed by atoms with Gasteiger partial charge in [0.1, 0.15) is 0 Å². The van der Waals surface area contributed by atoms with Crippen LogP contribution in [0.5, 0.6) is 0 Å². The van der Waals surface area contributed by atoms with E-state index in [1.807, 2.05) is 65.3 Å². The van der Waals surface area contributed by atoms with E-state index in [1.165, 1.54) is 40.3 Å². The molecule has 4 aromatic heterocycles. The number of rotatable bonds is 6. The van der Waals surface area contributed by atoms with E-state index in [-0.39, 0.29) is 0 Å². The zero-order chi connectivity index (χ0) is 38.6. The van der Waals surface area contributed by atoms with Crippen molar-refractivity contribution in [3.63, 3.8) is 0 Å². The van der Waals surface area contributed by atoms with Crippen LogP contribution in [0.2, 0.25) is 0 Å². The summed E-state index contributed by atoms with van der Waals surface area (Å²) in [6.45, 7) is 0. The van der Waals surface area contributed by atoms with Crippen molar-refractivity contribution in [1.82, 2.24) is 15.0 Å². The molecule has 0 radical (unpaired) electrons. The minimum Gasteiger partial charge on any atom is -0.264 e. The minimum atomic E-state index is 0.602. The number of benzene rings is 7. The Labute approximate surface area is 342 Å². The third-order valence-corrected chi connectivity index (χ3v) is 13.1. The Morgan fingerprint density at radius 3 is 1.52 bits per heavy atom. The topological polar surface area (TPSA) is 62.5 Å². The molecular formula is C52H30N4S2. The first-order valence-corrected chi connectivity index (χ1v) is 20.7. The Morgan fingerprint density at radius 1 is 0.379 bits per heavy atom. The van der Waals surface area contributed by atoms with Crippen molar-refractivity contribution in [2.75, 3.05) is 0 Å². The Morgan fingerprint density at radius 2 is 0.897 bits per heavy atom. The number of hydrogen-bond donors (Lipinski definition) is 0. The highest BCUT2D eigenvalue weighted by atomic mass is 32.1. The summed E-state index contributed by atoms with van der Waals surface area (Å²) >= 11 is 3.66. The highest BCUT2D eigenvalue weighted by Crippen LogP contribution is 2.41. The molecule has 6 heteroatoms. The summed E-state index contributed by atoms with van der Waals surface area (Å²) in [7, 11) is 0. The summed E-state index contributed by atoms with van der Waals surface area (Å²) in [6.07, 6.45) is 3.66. The number of aromatic nitrogens is 3. The second kappa shape index (κ2) is 14.0. The lowest BCUT2D eigenvalue weighted by Crippen LogP contribution is -1.97. The summed E-state index contributed by atoms with van der Waals surface area (Å²) in [5.41, 5.74) is 11.6. The first kappa shape index (κ1) is 34.0. The van der Waals surface area contributed by atoms with Gasteiger partial charge in [0.05, 0.1) is 23.0 Å². The number of nitriles is 1. The Hall–Kier alpha value is -7.30. The summed E-state index contributed by atoms with van der Waals surface area (Å²) in [5.74, 6) is 0.617. The quantitative estimate of drug-likeness (QED) is 0.169. The van der Waals surface area contributed by atoms with Crippen LogP contribution in [0.3, 0.4) is 0 Å². The van der Waals surface area contributed by atoms with Gasteiger partial charge in [0.25, 0.3) is 0 Å². The van der Waals surface area contributed by atoms with Crippen molar-refractivity contribution >= 4 is 63.0 Å². The summed E-state index contributed by atoms with van der Waals surface area (Å²) in [5, 5.41) is 14.6. The standard InChI is InChI=1S/C52H30N4S2/c53-30-32-14-16-33(17-15-32)46-29-47(56-52(55-46)37-8-5-7-34(23-37)38-9-6-22-54-31-38)41-25-39(35-18-20-50-44(27-35)42-10-1-3-12-48(42)57-50)24-40(26-41)36-19-21-51-45(28-36)43-11-2-4-13-49(43)58-51/h1-29,31H. The molecule has 0 bridgehead atoms. The average molecular weight is 775 g/mol. The zero-order valence-corrected chi connectivity index (χ0v) is 32.6. The van der Waals surface area contributed by atoms with Crippen molar-refractivity contribution in [3.8, 4) is 73.4 Å². The number of thiophene rings is 2. The molecule has 0 aliphatic rings. The van der Waals surface area contributed by atoms with E-state index in [9.17, 15) is 5.26 Å². The van der Waals surface area contributed by atoms with Gasteiger partial charge < -0.3 is 0 Å². The third kappa shape index (κ3) is 6.11. The largest absolute Gasteiger partial charge is 0.264 e. The molecule has 7 aromatic carbocycles. The molecule has 0 N–H and O–H groups in total. The van der Waals surface area contributed by atoms with E-state index in [0.717, 1.165) is 61.5 Å². The minimum absolute atomic E-state index is 0.602. The van der Waals surface area contributed by atoms with Gasteiger partial charge in [0.15, 0.2) is 5.82 Å². The number of hydrogen-bond acceptors (Lipinski definition) is 6. The van der Waals surface area contributed by atoms with Crippen LogP contribution in [0.1, 0.15) is 5.56 Å². The molecule has 0 aliphatic carbocycles. The maximum atomic E-state index is 9.56. The molecule has 0 aliphatic heterocycles. The van der Waals surface area contributed by atoms with Crippen LogP contribution in [-0.2, 0) is 0 Å². The summed E-state index contributed by atoms with van der Waals surface area (Å²) < 4.78 is 5.13. The first-order chi connectivity index (χ1) is 28.6. The molecule has 270 valence electrons. The normalized spacial score (nSPS) is 11.4. The third-order valence-electron chi connectivity index (χ3n) is 10.8. The number of fused-ring (bicyclic) bond motifs is 6. The molecule has 0 amide bonds. The van der Waals surface area contributed by atoms with Gasteiger partial charge in [-0.1, -0.05) is 84.9 Å². The summed E-state index contributed by atoms with van der Waals surface area (Å²) in [6, 6.07) is 62.1. The van der Waals surface area contributed by atoms with Crippen LogP contribution in [-0.4, -0.2) is 15.0 Å². The molecule has 0 unspecified atom stereocenters. The molecular weight excluding hydrogens is 745 g/mol. The fraction of sp³-hybridized carbons (Fsp3) is 0. The lowest BCUT2D eigenvalue weighted by Gasteiger charge is -2.14. The molecule has 4 nitrogen and oxygen atoms in total.